The van der Waals surface area contributed by atoms with E-state index >= 15 is 0 Å². The summed E-state index contributed by atoms with van der Waals surface area (Å²) in [5.41, 5.74) is 6.48. The van der Waals surface area contributed by atoms with Crippen molar-refractivity contribution in [3.63, 3.8) is 0 Å². The van der Waals surface area contributed by atoms with Gasteiger partial charge in [-0.25, -0.2) is 4.39 Å². The van der Waals surface area contributed by atoms with E-state index in [0.717, 1.165) is 5.56 Å². The molecule has 0 aliphatic heterocycles. The molecule has 1 amide bonds. The number of amides is 1. The third-order valence-electron chi connectivity index (χ3n) is 2.57. The van der Waals surface area contributed by atoms with Crippen molar-refractivity contribution in [3.8, 4) is 5.75 Å². The lowest BCUT2D eigenvalue weighted by Gasteiger charge is -2.12. The first-order chi connectivity index (χ1) is 8.88. The SMILES string of the molecule is CC(N)Cc1cc(F)cc(OCCC(=O)N(C)C)c1. The fourth-order valence-corrected chi connectivity index (χ4v) is 1.67. The smallest absolute Gasteiger partial charge is 0.225 e. The third kappa shape index (κ3) is 5.70. The van der Waals surface area contributed by atoms with Gasteiger partial charge >= 0.3 is 0 Å². The average Bonchev–Trinajstić information content (AvgIpc) is 2.26. The number of halogens is 1. The van der Waals surface area contributed by atoms with Crippen LogP contribution < -0.4 is 10.5 Å². The maximum Gasteiger partial charge on any atom is 0.225 e. The van der Waals surface area contributed by atoms with Gasteiger partial charge in [0.25, 0.3) is 0 Å². The predicted octanol–water partition coefficient (Wildman–Crippen LogP) is 1.57. The normalized spacial score (nSPS) is 12.1. The molecule has 0 spiro atoms. The molecule has 4 nitrogen and oxygen atoms in total. The Morgan fingerprint density at radius 1 is 1.42 bits per heavy atom. The summed E-state index contributed by atoms with van der Waals surface area (Å²) in [5.74, 6) is 0.0569. The largest absolute Gasteiger partial charge is 0.493 e. The zero-order valence-corrected chi connectivity index (χ0v) is 11.6. The molecule has 0 aromatic heterocycles. The molecule has 1 rings (SSSR count). The van der Waals surface area contributed by atoms with Crippen molar-refractivity contribution in [2.75, 3.05) is 20.7 Å². The van der Waals surface area contributed by atoms with Crippen LogP contribution >= 0.6 is 0 Å². The van der Waals surface area contributed by atoms with E-state index in [1.165, 1.54) is 17.0 Å². The van der Waals surface area contributed by atoms with Crippen molar-refractivity contribution >= 4 is 5.91 Å². The summed E-state index contributed by atoms with van der Waals surface area (Å²) >= 11 is 0. The number of hydrogen-bond donors (Lipinski definition) is 1. The predicted molar refractivity (Wildman–Crippen MR) is 72.6 cm³/mol. The second-order valence-electron chi connectivity index (χ2n) is 4.86. The van der Waals surface area contributed by atoms with Crippen LogP contribution in [0.15, 0.2) is 18.2 Å². The number of carbonyl (C=O) groups excluding carboxylic acids is 1. The van der Waals surface area contributed by atoms with Gasteiger partial charge < -0.3 is 15.4 Å². The molecule has 0 aliphatic rings. The van der Waals surface area contributed by atoms with Gasteiger partial charge in [-0.2, -0.15) is 0 Å². The average molecular weight is 268 g/mol. The molecular formula is C14H21FN2O2. The first-order valence-electron chi connectivity index (χ1n) is 6.26. The number of rotatable bonds is 6. The van der Waals surface area contributed by atoms with E-state index in [1.54, 1.807) is 20.2 Å². The van der Waals surface area contributed by atoms with Gasteiger partial charge in [0, 0.05) is 26.2 Å². The van der Waals surface area contributed by atoms with Crippen molar-refractivity contribution in [3.05, 3.63) is 29.6 Å². The molecule has 1 unspecified atom stereocenters. The van der Waals surface area contributed by atoms with Gasteiger partial charge in [-0.3, -0.25) is 4.79 Å². The maximum atomic E-state index is 13.4. The van der Waals surface area contributed by atoms with Crippen LogP contribution in [0.4, 0.5) is 4.39 Å². The van der Waals surface area contributed by atoms with Crippen LogP contribution in [0.3, 0.4) is 0 Å². The van der Waals surface area contributed by atoms with Crippen LogP contribution in [0.5, 0.6) is 5.75 Å². The second kappa shape index (κ2) is 7.09. The zero-order valence-electron chi connectivity index (χ0n) is 11.6. The summed E-state index contributed by atoms with van der Waals surface area (Å²) < 4.78 is 18.8. The van der Waals surface area contributed by atoms with E-state index in [9.17, 15) is 9.18 Å². The molecular weight excluding hydrogens is 247 g/mol. The minimum Gasteiger partial charge on any atom is -0.493 e. The van der Waals surface area contributed by atoms with E-state index in [0.29, 0.717) is 12.2 Å². The van der Waals surface area contributed by atoms with Gasteiger partial charge in [-0.05, 0) is 31.0 Å². The van der Waals surface area contributed by atoms with Gasteiger partial charge in [-0.1, -0.05) is 0 Å². The van der Waals surface area contributed by atoms with Crippen LogP contribution in [-0.2, 0) is 11.2 Å². The lowest BCUT2D eigenvalue weighted by Crippen LogP contribution is -2.23. The van der Waals surface area contributed by atoms with Gasteiger partial charge in [0.1, 0.15) is 11.6 Å². The quantitative estimate of drug-likeness (QED) is 0.852. The first kappa shape index (κ1) is 15.4. The summed E-state index contributed by atoms with van der Waals surface area (Å²) in [6.45, 7) is 2.10. The summed E-state index contributed by atoms with van der Waals surface area (Å²) in [5, 5.41) is 0. The molecule has 19 heavy (non-hydrogen) atoms. The van der Waals surface area contributed by atoms with Crippen LogP contribution in [-0.4, -0.2) is 37.6 Å². The monoisotopic (exact) mass is 268 g/mol. The Balaban J connectivity index is 2.58. The Hall–Kier alpha value is -1.62. The molecule has 0 saturated heterocycles. The lowest BCUT2D eigenvalue weighted by molar-refractivity contribution is -0.129. The summed E-state index contributed by atoms with van der Waals surface area (Å²) in [6, 6.07) is 4.48. The first-order valence-corrected chi connectivity index (χ1v) is 6.26. The number of nitrogens with zero attached hydrogens (tertiary/aromatic N) is 1. The highest BCUT2D eigenvalue weighted by Crippen LogP contribution is 2.17. The molecule has 1 aromatic rings. The molecule has 1 aromatic carbocycles. The Morgan fingerprint density at radius 3 is 2.68 bits per heavy atom. The molecule has 0 heterocycles. The topological polar surface area (TPSA) is 55.6 Å². The standard InChI is InChI=1S/C14H21FN2O2/c1-10(16)6-11-7-12(15)9-13(8-11)19-5-4-14(18)17(2)3/h7-10H,4-6,16H2,1-3H3. The number of hydrogen-bond acceptors (Lipinski definition) is 3. The maximum absolute atomic E-state index is 13.4. The Morgan fingerprint density at radius 2 is 2.11 bits per heavy atom. The molecule has 0 bridgehead atoms. The van der Waals surface area contributed by atoms with Crippen LogP contribution in [0.2, 0.25) is 0 Å². The van der Waals surface area contributed by atoms with E-state index in [1.807, 2.05) is 6.92 Å². The van der Waals surface area contributed by atoms with E-state index in [-0.39, 0.29) is 30.8 Å². The van der Waals surface area contributed by atoms with Crippen molar-refractivity contribution in [1.29, 1.82) is 0 Å². The number of benzene rings is 1. The van der Waals surface area contributed by atoms with Crippen molar-refractivity contribution in [2.24, 2.45) is 5.73 Å². The molecule has 2 N–H and O–H groups in total. The van der Waals surface area contributed by atoms with E-state index in [4.69, 9.17) is 10.5 Å². The van der Waals surface area contributed by atoms with Crippen molar-refractivity contribution in [1.82, 2.24) is 4.90 Å². The molecule has 106 valence electrons. The van der Waals surface area contributed by atoms with Crippen molar-refractivity contribution < 1.29 is 13.9 Å². The third-order valence-corrected chi connectivity index (χ3v) is 2.57. The minimum absolute atomic E-state index is 0.0211. The number of ether oxygens (including phenoxy) is 1. The summed E-state index contributed by atoms with van der Waals surface area (Å²) in [6.07, 6.45) is 0.858. The minimum atomic E-state index is -0.355. The fraction of sp³-hybridized carbons (Fsp3) is 0.500. The number of carbonyl (C=O) groups is 1. The molecule has 0 radical (unpaired) electrons. The Kier molecular flexibility index (Phi) is 5.76. The lowest BCUT2D eigenvalue weighted by atomic mass is 10.1. The molecule has 1 atom stereocenters. The van der Waals surface area contributed by atoms with Crippen LogP contribution in [0.1, 0.15) is 18.9 Å². The van der Waals surface area contributed by atoms with Gasteiger partial charge in [0.15, 0.2) is 0 Å². The Labute approximate surface area is 113 Å². The highest BCUT2D eigenvalue weighted by molar-refractivity contribution is 5.75. The zero-order chi connectivity index (χ0) is 14.4. The number of nitrogens with two attached hydrogens (primary N) is 1. The molecule has 0 fully saturated rings. The fourth-order valence-electron chi connectivity index (χ4n) is 1.67. The van der Waals surface area contributed by atoms with Gasteiger partial charge in [0.2, 0.25) is 5.91 Å². The summed E-state index contributed by atoms with van der Waals surface area (Å²) in [4.78, 5) is 12.9. The van der Waals surface area contributed by atoms with Gasteiger partial charge in [0.05, 0.1) is 13.0 Å². The van der Waals surface area contributed by atoms with Crippen LogP contribution in [0.25, 0.3) is 0 Å². The highest BCUT2D eigenvalue weighted by atomic mass is 19.1. The molecule has 0 saturated carbocycles. The van der Waals surface area contributed by atoms with Gasteiger partial charge in [-0.15, -0.1) is 0 Å². The van der Waals surface area contributed by atoms with Crippen molar-refractivity contribution in [2.45, 2.75) is 25.8 Å². The Bertz CT molecular complexity index is 433. The molecule has 5 heteroatoms. The van der Waals surface area contributed by atoms with Crippen LogP contribution in [0, 0.1) is 5.82 Å². The molecule has 0 aliphatic carbocycles. The van der Waals surface area contributed by atoms with E-state index in [2.05, 4.69) is 0 Å². The summed E-state index contributed by atoms with van der Waals surface area (Å²) in [7, 11) is 3.37. The highest BCUT2D eigenvalue weighted by Gasteiger charge is 2.07. The second-order valence-corrected chi connectivity index (χ2v) is 4.86. The van der Waals surface area contributed by atoms with E-state index < -0.39 is 0 Å².